The molecule has 5 nitrogen and oxygen atoms in total. The Bertz CT molecular complexity index is 557. The average Bonchev–Trinajstić information content (AvgIpc) is 2.50. The Balaban J connectivity index is 2.01. The topological polar surface area (TPSA) is 69.6 Å². The number of amides is 1. The van der Waals surface area contributed by atoms with Crippen molar-refractivity contribution in [2.45, 2.75) is 45.8 Å². The highest BCUT2D eigenvalue weighted by atomic mass is 16.4. The van der Waals surface area contributed by atoms with Crippen LogP contribution in [0.4, 0.5) is 0 Å². The molecule has 120 valence electrons. The smallest absolute Gasteiger partial charge is 0.326 e. The third kappa shape index (κ3) is 3.65. The first-order chi connectivity index (χ1) is 10.4. The summed E-state index contributed by atoms with van der Waals surface area (Å²) in [6.45, 7) is 6.96. The molecule has 0 aliphatic carbocycles. The number of fused-ring (bicyclic) bond motifs is 1. The quantitative estimate of drug-likeness (QED) is 0.868. The van der Waals surface area contributed by atoms with Crippen molar-refractivity contribution in [2.24, 2.45) is 5.92 Å². The highest BCUT2D eigenvalue weighted by Gasteiger charge is 2.29. The van der Waals surface area contributed by atoms with Crippen LogP contribution in [0.25, 0.3) is 0 Å². The van der Waals surface area contributed by atoms with E-state index in [0.29, 0.717) is 0 Å². The standard InChI is InChI=1S/C17H24N2O3/c1-11(2)15(17(21)22)18-16(20)12(3)19-9-8-13-6-4-5-7-14(13)10-19/h4-7,11-12,15H,8-10H2,1-3H3,(H,18,20)(H,21,22). The average molecular weight is 304 g/mol. The van der Waals surface area contributed by atoms with Crippen molar-refractivity contribution < 1.29 is 14.7 Å². The molecular formula is C17H24N2O3. The number of nitrogens with one attached hydrogen (secondary N) is 1. The van der Waals surface area contributed by atoms with Gasteiger partial charge in [0.05, 0.1) is 6.04 Å². The van der Waals surface area contributed by atoms with E-state index in [1.807, 2.05) is 19.1 Å². The number of carboxylic acids is 1. The molecule has 1 amide bonds. The fourth-order valence-electron chi connectivity index (χ4n) is 2.80. The summed E-state index contributed by atoms with van der Waals surface area (Å²) in [5.74, 6) is -1.35. The van der Waals surface area contributed by atoms with Crippen LogP contribution in [0.1, 0.15) is 31.9 Å². The first-order valence-electron chi connectivity index (χ1n) is 7.74. The number of carbonyl (C=O) groups excluding carboxylic acids is 1. The van der Waals surface area contributed by atoms with Crippen LogP contribution in [0.15, 0.2) is 24.3 Å². The second-order valence-electron chi connectivity index (χ2n) is 6.23. The third-order valence-corrected chi connectivity index (χ3v) is 4.32. The van der Waals surface area contributed by atoms with E-state index in [1.165, 1.54) is 11.1 Å². The van der Waals surface area contributed by atoms with Gasteiger partial charge in [0.25, 0.3) is 0 Å². The van der Waals surface area contributed by atoms with Gasteiger partial charge in [-0.15, -0.1) is 0 Å². The fraction of sp³-hybridized carbons (Fsp3) is 0.529. The van der Waals surface area contributed by atoms with Crippen molar-refractivity contribution in [3.63, 3.8) is 0 Å². The lowest BCUT2D eigenvalue weighted by Gasteiger charge is -2.33. The third-order valence-electron chi connectivity index (χ3n) is 4.32. The minimum atomic E-state index is -0.987. The SMILES string of the molecule is CC(C)C(NC(=O)C(C)N1CCc2ccccc2C1)C(=O)O. The van der Waals surface area contributed by atoms with Gasteiger partial charge in [-0.05, 0) is 30.4 Å². The Morgan fingerprint density at radius 1 is 1.18 bits per heavy atom. The first kappa shape index (κ1) is 16.5. The lowest BCUT2D eigenvalue weighted by atomic mass is 9.98. The summed E-state index contributed by atoms with van der Waals surface area (Å²) in [7, 11) is 0. The van der Waals surface area contributed by atoms with Crippen LogP contribution in [0.5, 0.6) is 0 Å². The zero-order chi connectivity index (χ0) is 16.3. The monoisotopic (exact) mass is 304 g/mol. The Labute approximate surface area is 131 Å². The number of hydrogen-bond acceptors (Lipinski definition) is 3. The van der Waals surface area contributed by atoms with Crippen LogP contribution in [-0.4, -0.2) is 40.5 Å². The normalized spacial score (nSPS) is 17.6. The minimum absolute atomic E-state index is 0.143. The summed E-state index contributed by atoms with van der Waals surface area (Å²) in [6, 6.07) is 7.06. The second kappa shape index (κ2) is 6.92. The Morgan fingerprint density at radius 2 is 1.82 bits per heavy atom. The predicted molar refractivity (Wildman–Crippen MR) is 84.4 cm³/mol. The van der Waals surface area contributed by atoms with E-state index in [2.05, 4.69) is 22.3 Å². The number of hydrogen-bond donors (Lipinski definition) is 2. The zero-order valence-corrected chi connectivity index (χ0v) is 13.4. The van der Waals surface area contributed by atoms with Crippen LogP contribution < -0.4 is 5.32 Å². The van der Waals surface area contributed by atoms with Crippen LogP contribution in [0.3, 0.4) is 0 Å². The maximum atomic E-state index is 12.4. The molecule has 1 aromatic carbocycles. The molecule has 2 N–H and O–H groups in total. The van der Waals surface area contributed by atoms with Gasteiger partial charge < -0.3 is 10.4 Å². The molecule has 0 saturated heterocycles. The van der Waals surface area contributed by atoms with E-state index < -0.39 is 12.0 Å². The maximum Gasteiger partial charge on any atom is 0.326 e. The molecule has 1 aromatic rings. The highest BCUT2D eigenvalue weighted by molar-refractivity contribution is 5.86. The van der Waals surface area contributed by atoms with E-state index in [-0.39, 0.29) is 17.9 Å². The van der Waals surface area contributed by atoms with Crippen molar-refractivity contribution in [3.8, 4) is 0 Å². The van der Waals surface area contributed by atoms with Crippen molar-refractivity contribution in [3.05, 3.63) is 35.4 Å². The van der Waals surface area contributed by atoms with Gasteiger partial charge in [-0.25, -0.2) is 4.79 Å². The maximum absolute atomic E-state index is 12.4. The van der Waals surface area contributed by atoms with E-state index in [0.717, 1.165) is 19.5 Å². The van der Waals surface area contributed by atoms with Gasteiger partial charge in [-0.1, -0.05) is 38.1 Å². The first-order valence-corrected chi connectivity index (χ1v) is 7.74. The summed E-state index contributed by atoms with van der Waals surface area (Å²) in [6.07, 6.45) is 0.917. The van der Waals surface area contributed by atoms with E-state index in [9.17, 15) is 14.7 Å². The molecule has 1 heterocycles. The van der Waals surface area contributed by atoms with Crippen LogP contribution >= 0.6 is 0 Å². The molecule has 1 aliphatic rings. The second-order valence-corrected chi connectivity index (χ2v) is 6.23. The fourth-order valence-corrected chi connectivity index (χ4v) is 2.80. The summed E-state index contributed by atoms with van der Waals surface area (Å²) in [5, 5.41) is 11.8. The van der Waals surface area contributed by atoms with Crippen molar-refractivity contribution >= 4 is 11.9 Å². The number of nitrogens with zero attached hydrogens (tertiary/aromatic N) is 1. The van der Waals surface area contributed by atoms with Gasteiger partial charge in [0.1, 0.15) is 6.04 Å². The number of carbonyl (C=O) groups is 2. The van der Waals surface area contributed by atoms with Gasteiger partial charge in [-0.3, -0.25) is 9.69 Å². The van der Waals surface area contributed by atoms with E-state index in [1.54, 1.807) is 13.8 Å². The number of aliphatic carboxylic acids is 1. The van der Waals surface area contributed by atoms with Crippen LogP contribution in [-0.2, 0) is 22.6 Å². The molecule has 5 heteroatoms. The Kier molecular flexibility index (Phi) is 5.19. The van der Waals surface area contributed by atoms with E-state index >= 15 is 0 Å². The lowest BCUT2D eigenvalue weighted by molar-refractivity contribution is -0.144. The largest absolute Gasteiger partial charge is 0.480 e. The van der Waals surface area contributed by atoms with Gasteiger partial charge in [0.2, 0.25) is 5.91 Å². The highest BCUT2D eigenvalue weighted by Crippen LogP contribution is 2.20. The summed E-state index contributed by atoms with van der Waals surface area (Å²) in [5.41, 5.74) is 2.57. The van der Waals surface area contributed by atoms with E-state index in [4.69, 9.17) is 0 Å². The molecule has 2 rings (SSSR count). The summed E-state index contributed by atoms with van der Waals surface area (Å²) >= 11 is 0. The van der Waals surface area contributed by atoms with Crippen molar-refractivity contribution in [2.75, 3.05) is 6.54 Å². The Morgan fingerprint density at radius 3 is 2.41 bits per heavy atom. The molecule has 0 fully saturated rings. The van der Waals surface area contributed by atoms with Crippen LogP contribution in [0, 0.1) is 5.92 Å². The number of benzene rings is 1. The molecule has 22 heavy (non-hydrogen) atoms. The Hall–Kier alpha value is -1.88. The predicted octanol–water partition coefficient (Wildman–Crippen LogP) is 1.66. The zero-order valence-electron chi connectivity index (χ0n) is 13.4. The lowest BCUT2D eigenvalue weighted by Crippen LogP contribution is -2.52. The molecule has 0 aromatic heterocycles. The molecule has 2 unspecified atom stereocenters. The van der Waals surface area contributed by atoms with Gasteiger partial charge in [-0.2, -0.15) is 0 Å². The van der Waals surface area contributed by atoms with Gasteiger partial charge >= 0.3 is 5.97 Å². The van der Waals surface area contributed by atoms with Crippen molar-refractivity contribution in [1.82, 2.24) is 10.2 Å². The molecular weight excluding hydrogens is 280 g/mol. The molecule has 2 atom stereocenters. The number of carboxylic acid groups (broad SMARTS) is 1. The van der Waals surface area contributed by atoms with Gasteiger partial charge in [0, 0.05) is 13.1 Å². The van der Waals surface area contributed by atoms with Crippen molar-refractivity contribution in [1.29, 1.82) is 0 Å². The van der Waals surface area contributed by atoms with Crippen LogP contribution in [0.2, 0.25) is 0 Å². The summed E-state index contributed by atoms with van der Waals surface area (Å²) < 4.78 is 0. The minimum Gasteiger partial charge on any atom is -0.480 e. The van der Waals surface area contributed by atoms with Gasteiger partial charge in [0.15, 0.2) is 0 Å². The molecule has 0 radical (unpaired) electrons. The molecule has 1 aliphatic heterocycles. The molecule has 0 saturated carbocycles. The molecule has 0 spiro atoms. The molecule has 0 bridgehead atoms. The number of rotatable bonds is 5. The summed E-state index contributed by atoms with van der Waals surface area (Å²) in [4.78, 5) is 25.7.